The van der Waals surface area contributed by atoms with Gasteiger partial charge < -0.3 is 9.05 Å². The lowest BCUT2D eigenvalue weighted by atomic mass is 9.98. The van der Waals surface area contributed by atoms with Gasteiger partial charge in [0.2, 0.25) is 0 Å². The third-order valence-corrected chi connectivity index (χ3v) is 8.48. The average molecular weight is 484 g/mol. The van der Waals surface area contributed by atoms with E-state index < -0.39 is 13.4 Å². The SMILES string of the molecule is CC(C)OP(=O)(OC(C)C)[C@@H]1[C@H](c2ccc(Cl)cc2)N1C(c1ccccc1)c1ccccc1. The van der Waals surface area contributed by atoms with Crippen LogP contribution in [0.1, 0.15) is 56.5 Å². The number of halogens is 1. The highest BCUT2D eigenvalue weighted by atomic mass is 35.5. The number of hydrogen-bond donors (Lipinski definition) is 0. The van der Waals surface area contributed by atoms with Crippen molar-refractivity contribution in [3.63, 3.8) is 0 Å². The first-order valence-corrected chi connectivity index (χ1v) is 13.4. The highest BCUT2D eigenvalue weighted by molar-refractivity contribution is 7.55. The second-order valence-corrected chi connectivity index (χ2v) is 11.4. The molecule has 1 heterocycles. The molecule has 1 unspecified atom stereocenters. The maximum Gasteiger partial charge on any atom is 0.350 e. The molecule has 1 fully saturated rings. The van der Waals surface area contributed by atoms with Gasteiger partial charge in [-0.25, -0.2) is 0 Å². The molecule has 6 heteroatoms. The van der Waals surface area contributed by atoms with Crippen LogP contribution >= 0.6 is 19.2 Å². The van der Waals surface area contributed by atoms with E-state index in [1.807, 2.05) is 88.4 Å². The van der Waals surface area contributed by atoms with Crippen molar-refractivity contribution in [3.8, 4) is 0 Å². The maximum absolute atomic E-state index is 14.3. The Labute approximate surface area is 202 Å². The molecule has 0 saturated carbocycles. The monoisotopic (exact) mass is 483 g/mol. The molecule has 0 N–H and O–H groups in total. The largest absolute Gasteiger partial charge is 0.350 e. The third-order valence-electron chi connectivity index (χ3n) is 5.60. The van der Waals surface area contributed by atoms with E-state index in [-0.39, 0.29) is 24.3 Å². The Morgan fingerprint density at radius 2 is 1.21 bits per heavy atom. The smallest absolute Gasteiger partial charge is 0.305 e. The van der Waals surface area contributed by atoms with Crippen LogP contribution in [0.4, 0.5) is 0 Å². The van der Waals surface area contributed by atoms with E-state index >= 15 is 0 Å². The summed E-state index contributed by atoms with van der Waals surface area (Å²) < 4.78 is 26.4. The average Bonchev–Trinajstić information content (AvgIpc) is 3.51. The molecule has 0 aliphatic carbocycles. The predicted octanol–water partition coefficient (Wildman–Crippen LogP) is 7.86. The Balaban J connectivity index is 1.84. The minimum Gasteiger partial charge on any atom is -0.305 e. The van der Waals surface area contributed by atoms with Crippen LogP contribution in [0.25, 0.3) is 0 Å². The summed E-state index contributed by atoms with van der Waals surface area (Å²) in [6.45, 7) is 7.58. The molecule has 3 atom stereocenters. The zero-order valence-electron chi connectivity index (χ0n) is 19.5. The van der Waals surface area contributed by atoms with Crippen molar-refractivity contribution in [1.29, 1.82) is 0 Å². The standard InChI is InChI=1S/C27H31ClNO3P/c1-19(2)31-33(30,32-20(3)4)27-26(23-15-17-24(28)18-16-23)29(27)25(21-11-7-5-8-12-21)22-13-9-6-10-14-22/h5-20,25-27H,1-4H3/t26-,27+,29?/m0/s1. The molecule has 3 aromatic carbocycles. The Hall–Kier alpha value is -1.94. The first-order valence-electron chi connectivity index (χ1n) is 11.4. The van der Waals surface area contributed by atoms with Crippen LogP contribution in [0.5, 0.6) is 0 Å². The summed E-state index contributed by atoms with van der Waals surface area (Å²) >= 11 is 6.17. The molecule has 1 aliphatic rings. The Bertz CT molecular complexity index is 1040. The third kappa shape index (κ3) is 5.42. The van der Waals surface area contributed by atoms with Gasteiger partial charge in [-0.15, -0.1) is 0 Å². The van der Waals surface area contributed by atoms with Crippen molar-refractivity contribution < 1.29 is 13.6 Å². The molecule has 174 valence electrons. The highest BCUT2D eigenvalue weighted by Gasteiger charge is 2.64. The van der Waals surface area contributed by atoms with Crippen LogP contribution < -0.4 is 0 Å². The van der Waals surface area contributed by atoms with E-state index in [1.54, 1.807) is 0 Å². The molecule has 1 aliphatic heterocycles. The van der Waals surface area contributed by atoms with Gasteiger partial charge in [0.25, 0.3) is 0 Å². The van der Waals surface area contributed by atoms with E-state index in [9.17, 15) is 4.57 Å². The summed E-state index contributed by atoms with van der Waals surface area (Å²) in [7, 11) is -3.48. The van der Waals surface area contributed by atoms with Crippen molar-refractivity contribution in [2.75, 3.05) is 0 Å². The van der Waals surface area contributed by atoms with Crippen LogP contribution in [0, 0.1) is 0 Å². The van der Waals surface area contributed by atoms with Gasteiger partial charge in [0.1, 0.15) is 5.78 Å². The van der Waals surface area contributed by atoms with E-state index in [0.717, 1.165) is 16.7 Å². The molecule has 4 nitrogen and oxygen atoms in total. The number of nitrogens with zero attached hydrogens (tertiary/aromatic N) is 1. The van der Waals surface area contributed by atoms with E-state index in [1.165, 1.54) is 0 Å². The minimum absolute atomic E-state index is 0.0991. The van der Waals surface area contributed by atoms with Crippen molar-refractivity contribution in [2.24, 2.45) is 0 Å². The van der Waals surface area contributed by atoms with Crippen LogP contribution in [0.15, 0.2) is 84.9 Å². The lowest BCUT2D eigenvalue weighted by Gasteiger charge is -2.25. The van der Waals surface area contributed by atoms with Gasteiger partial charge in [-0.05, 0) is 56.5 Å². The molecule has 0 aromatic heterocycles. The van der Waals surface area contributed by atoms with Crippen molar-refractivity contribution in [1.82, 2.24) is 4.90 Å². The molecule has 3 aromatic rings. The van der Waals surface area contributed by atoms with Crippen LogP contribution in [0.3, 0.4) is 0 Å². The van der Waals surface area contributed by atoms with E-state index in [4.69, 9.17) is 20.6 Å². The second-order valence-electron chi connectivity index (χ2n) is 8.93. The molecule has 33 heavy (non-hydrogen) atoms. The highest BCUT2D eigenvalue weighted by Crippen LogP contribution is 2.71. The minimum atomic E-state index is -3.48. The normalized spacial score (nSPS) is 20.5. The molecule has 0 spiro atoms. The summed E-state index contributed by atoms with van der Waals surface area (Å²) in [6.07, 6.45) is -0.454. The summed E-state index contributed by atoms with van der Waals surface area (Å²) in [5.74, 6) is -0.408. The maximum atomic E-state index is 14.3. The van der Waals surface area contributed by atoms with Crippen molar-refractivity contribution >= 4 is 19.2 Å². The molecule has 0 bridgehead atoms. The lowest BCUT2D eigenvalue weighted by molar-refractivity contribution is 0.138. The first-order chi connectivity index (χ1) is 15.8. The summed E-state index contributed by atoms with van der Waals surface area (Å²) in [6, 6.07) is 28.2. The number of benzene rings is 3. The van der Waals surface area contributed by atoms with Crippen LogP contribution in [-0.2, 0) is 13.6 Å². The summed E-state index contributed by atoms with van der Waals surface area (Å²) in [5.41, 5.74) is 3.30. The zero-order chi connectivity index (χ0) is 23.6. The fraction of sp³-hybridized carbons (Fsp3) is 0.333. The number of hydrogen-bond acceptors (Lipinski definition) is 4. The van der Waals surface area contributed by atoms with Gasteiger partial charge in [0.15, 0.2) is 0 Å². The van der Waals surface area contributed by atoms with Gasteiger partial charge in [0.05, 0.1) is 24.3 Å². The van der Waals surface area contributed by atoms with E-state index in [0.29, 0.717) is 5.02 Å². The molecular weight excluding hydrogens is 453 g/mol. The quantitative estimate of drug-likeness (QED) is 0.229. The van der Waals surface area contributed by atoms with Gasteiger partial charge in [0, 0.05) is 5.02 Å². The fourth-order valence-electron chi connectivity index (χ4n) is 4.43. The Kier molecular flexibility index (Phi) is 7.43. The lowest BCUT2D eigenvalue weighted by Crippen LogP contribution is -2.18. The van der Waals surface area contributed by atoms with Crippen molar-refractivity contribution in [3.05, 3.63) is 107 Å². The molecule has 0 amide bonds. The van der Waals surface area contributed by atoms with Crippen LogP contribution in [0.2, 0.25) is 5.02 Å². The van der Waals surface area contributed by atoms with Gasteiger partial charge >= 0.3 is 7.60 Å². The van der Waals surface area contributed by atoms with Gasteiger partial charge in [-0.3, -0.25) is 9.46 Å². The van der Waals surface area contributed by atoms with Gasteiger partial charge in [-0.1, -0.05) is 84.4 Å². The van der Waals surface area contributed by atoms with Gasteiger partial charge in [-0.2, -0.15) is 0 Å². The molecule has 4 rings (SSSR count). The Morgan fingerprint density at radius 3 is 1.64 bits per heavy atom. The predicted molar refractivity (Wildman–Crippen MR) is 135 cm³/mol. The topological polar surface area (TPSA) is 38.5 Å². The zero-order valence-corrected chi connectivity index (χ0v) is 21.1. The molecule has 0 radical (unpaired) electrons. The second kappa shape index (κ2) is 10.1. The summed E-state index contributed by atoms with van der Waals surface area (Å²) in [4.78, 5) is 2.26. The molecule has 1 saturated heterocycles. The fourth-order valence-corrected chi connectivity index (χ4v) is 7.23. The summed E-state index contributed by atoms with van der Waals surface area (Å²) in [5, 5.41) is 0.671. The van der Waals surface area contributed by atoms with E-state index in [2.05, 4.69) is 29.2 Å². The van der Waals surface area contributed by atoms with Crippen molar-refractivity contribution in [2.45, 2.75) is 57.8 Å². The number of rotatable bonds is 9. The molecular formula is C27H31ClNO3P. The van der Waals surface area contributed by atoms with Crippen LogP contribution in [-0.4, -0.2) is 22.9 Å². The Morgan fingerprint density at radius 1 is 0.758 bits per heavy atom. The first kappa shape index (κ1) is 24.2.